The minimum Gasteiger partial charge on any atom is -0.506 e. The molecule has 0 saturated carbocycles. The van der Waals surface area contributed by atoms with Crippen LogP contribution in [0.25, 0.3) is 11.3 Å². The van der Waals surface area contributed by atoms with Crippen LogP contribution in [-0.4, -0.2) is 26.7 Å². The van der Waals surface area contributed by atoms with Gasteiger partial charge in [0, 0.05) is 30.3 Å². The van der Waals surface area contributed by atoms with Crippen LogP contribution in [-0.2, 0) is 13.0 Å². The first-order chi connectivity index (χ1) is 11.8. The highest BCUT2D eigenvalue weighted by atomic mass is 16.3. The molecule has 3 N–H and O–H groups in total. The lowest BCUT2D eigenvalue weighted by molar-refractivity contribution is 0.250. The van der Waals surface area contributed by atoms with Crippen LogP contribution in [0.1, 0.15) is 38.7 Å². The Morgan fingerprint density at radius 2 is 2.16 bits per heavy atom. The maximum Gasteiger partial charge on any atom is 0.319 e. The molecule has 25 heavy (non-hydrogen) atoms. The van der Waals surface area contributed by atoms with Gasteiger partial charge in [-0.3, -0.25) is 0 Å². The first-order valence-electron chi connectivity index (χ1n) is 8.82. The summed E-state index contributed by atoms with van der Waals surface area (Å²) in [6, 6.07) is 4.90. The zero-order chi connectivity index (χ0) is 18.1. The minimum absolute atomic E-state index is 0.0226. The third-order valence-corrected chi connectivity index (χ3v) is 4.61. The summed E-state index contributed by atoms with van der Waals surface area (Å²) in [6.07, 6.45) is 2.15. The van der Waals surface area contributed by atoms with Crippen LogP contribution in [0.4, 0.5) is 10.5 Å². The van der Waals surface area contributed by atoms with E-state index in [1.165, 1.54) is 6.42 Å². The van der Waals surface area contributed by atoms with E-state index in [-0.39, 0.29) is 17.8 Å². The van der Waals surface area contributed by atoms with E-state index in [1.807, 2.05) is 19.9 Å². The second kappa shape index (κ2) is 6.78. The van der Waals surface area contributed by atoms with Crippen LogP contribution in [0.15, 0.2) is 18.2 Å². The zero-order valence-corrected chi connectivity index (χ0v) is 15.3. The van der Waals surface area contributed by atoms with Crippen molar-refractivity contribution in [3.05, 3.63) is 29.7 Å². The van der Waals surface area contributed by atoms with Crippen LogP contribution in [0, 0.1) is 12.8 Å². The largest absolute Gasteiger partial charge is 0.506 e. The Morgan fingerprint density at radius 1 is 1.40 bits per heavy atom. The van der Waals surface area contributed by atoms with E-state index >= 15 is 0 Å². The molecule has 0 saturated heterocycles. The number of phenols is 1. The van der Waals surface area contributed by atoms with E-state index < -0.39 is 0 Å². The summed E-state index contributed by atoms with van der Waals surface area (Å²) < 4.78 is 2.28. The van der Waals surface area contributed by atoms with Gasteiger partial charge in [0.2, 0.25) is 0 Å². The molecule has 1 atom stereocenters. The molecule has 1 aliphatic heterocycles. The first kappa shape index (κ1) is 17.3. The Kier molecular flexibility index (Phi) is 4.70. The van der Waals surface area contributed by atoms with Crippen molar-refractivity contribution < 1.29 is 9.90 Å². The second-order valence-corrected chi connectivity index (χ2v) is 7.20. The number of carbonyl (C=O) groups excluding carboxylic acids is 1. The number of amides is 2. The fraction of sp³-hybridized carbons (Fsp3) is 0.474. The summed E-state index contributed by atoms with van der Waals surface area (Å²) in [5, 5.41) is 15.5. The number of aromatic nitrogens is 2. The lowest BCUT2D eigenvalue weighted by Gasteiger charge is -2.20. The Bertz CT molecular complexity index is 795. The van der Waals surface area contributed by atoms with Crippen LogP contribution >= 0.6 is 0 Å². The van der Waals surface area contributed by atoms with Gasteiger partial charge < -0.3 is 20.3 Å². The van der Waals surface area contributed by atoms with Crippen LogP contribution < -0.4 is 10.6 Å². The molecule has 0 aliphatic carbocycles. The number of carbonyl (C=O) groups is 1. The standard InChI is InChI=1S/C19H26N4O2/c1-11(2)20-19(25)21-15-10-14(5-6-16(15)24)18-13(4)23-8-7-12(3)9-17(23)22-18/h5-6,10-12,24H,7-9H2,1-4H3,(H2,20,21,25). The second-order valence-electron chi connectivity index (χ2n) is 7.20. The van der Waals surface area contributed by atoms with E-state index in [2.05, 4.69) is 29.0 Å². The Morgan fingerprint density at radius 3 is 2.88 bits per heavy atom. The van der Waals surface area contributed by atoms with Crippen molar-refractivity contribution in [2.45, 2.75) is 53.1 Å². The summed E-state index contributed by atoms with van der Waals surface area (Å²) in [5.74, 6) is 1.81. The zero-order valence-electron chi connectivity index (χ0n) is 15.3. The van der Waals surface area contributed by atoms with E-state index in [1.54, 1.807) is 12.1 Å². The van der Waals surface area contributed by atoms with Crippen molar-refractivity contribution in [2.75, 3.05) is 5.32 Å². The molecule has 1 aromatic carbocycles. The van der Waals surface area contributed by atoms with Crippen LogP contribution in [0.2, 0.25) is 0 Å². The predicted octanol–water partition coefficient (Wildman–Crippen LogP) is 3.68. The van der Waals surface area contributed by atoms with Crippen molar-refractivity contribution in [2.24, 2.45) is 5.92 Å². The van der Waals surface area contributed by atoms with Crippen molar-refractivity contribution in [1.29, 1.82) is 0 Å². The number of hydrogen-bond donors (Lipinski definition) is 3. The van der Waals surface area contributed by atoms with E-state index in [0.29, 0.717) is 11.6 Å². The van der Waals surface area contributed by atoms with Crippen molar-refractivity contribution in [1.82, 2.24) is 14.9 Å². The van der Waals surface area contributed by atoms with Gasteiger partial charge in [0.25, 0.3) is 0 Å². The summed E-state index contributed by atoms with van der Waals surface area (Å²) in [4.78, 5) is 16.8. The minimum atomic E-state index is -0.336. The molecule has 6 nitrogen and oxygen atoms in total. The predicted molar refractivity (Wildman–Crippen MR) is 98.8 cm³/mol. The molecule has 2 aromatic rings. The summed E-state index contributed by atoms with van der Waals surface area (Å²) in [5.41, 5.74) is 3.32. The van der Waals surface area contributed by atoms with Gasteiger partial charge in [-0.2, -0.15) is 0 Å². The number of fused-ring (bicyclic) bond motifs is 1. The molecule has 0 radical (unpaired) electrons. The Labute approximate surface area is 148 Å². The molecule has 2 amide bonds. The molecule has 3 rings (SSSR count). The quantitative estimate of drug-likeness (QED) is 0.745. The molecule has 0 bridgehead atoms. The van der Waals surface area contributed by atoms with Crippen LogP contribution in [0.5, 0.6) is 5.75 Å². The highest BCUT2D eigenvalue weighted by molar-refractivity contribution is 5.92. The molecule has 0 fully saturated rings. The van der Waals surface area contributed by atoms with Gasteiger partial charge in [0.05, 0.1) is 11.4 Å². The number of aromatic hydroxyl groups is 1. The monoisotopic (exact) mass is 342 g/mol. The number of nitrogens with zero attached hydrogens (tertiary/aromatic N) is 2. The Hall–Kier alpha value is -2.50. The topological polar surface area (TPSA) is 79.2 Å². The molecule has 134 valence electrons. The van der Waals surface area contributed by atoms with E-state index in [9.17, 15) is 9.90 Å². The number of benzene rings is 1. The molecule has 1 aliphatic rings. The molecular weight excluding hydrogens is 316 g/mol. The van der Waals surface area contributed by atoms with Gasteiger partial charge in [-0.15, -0.1) is 0 Å². The maximum absolute atomic E-state index is 11.9. The summed E-state index contributed by atoms with van der Waals surface area (Å²) >= 11 is 0. The van der Waals surface area contributed by atoms with E-state index in [0.717, 1.165) is 35.7 Å². The molecule has 6 heteroatoms. The fourth-order valence-electron chi connectivity index (χ4n) is 3.29. The van der Waals surface area contributed by atoms with Crippen molar-refractivity contribution in [3.63, 3.8) is 0 Å². The number of anilines is 1. The molecule has 2 heterocycles. The van der Waals surface area contributed by atoms with Gasteiger partial charge in [-0.05, 0) is 51.3 Å². The van der Waals surface area contributed by atoms with Crippen LogP contribution in [0.3, 0.4) is 0 Å². The molecular formula is C19H26N4O2. The van der Waals surface area contributed by atoms with E-state index in [4.69, 9.17) is 4.98 Å². The van der Waals surface area contributed by atoms with Gasteiger partial charge in [0.15, 0.2) is 0 Å². The third kappa shape index (κ3) is 3.62. The first-order valence-corrected chi connectivity index (χ1v) is 8.82. The smallest absolute Gasteiger partial charge is 0.319 e. The average molecular weight is 342 g/mol. The number of nitrogens with one attached hydrogen (secondary N) is 2. The Balaban J connectivity index is 1.91. The average Bonchev–Trinajstić information content (AvgIpc) is 2.85. The summed E-state index contributed by atoms with van der Waals surface area (Å²) in [7, 11) is 0. The normalized spacial score (nSPS) is 16.6. The number of rotatable bonds is 3. The van der Waals surface area contributed by atoms with Crippen molar-refractivity contribution in [3.8, 4) is 17.0 Å². The number of urea groups is 1. The highest BCUT2D eigenvalue weighted by Gasteiger charge is 2.22. The molecule has 0 spiro atoms. The molecule has 1 unspecified atom stereocenters. The maximum atomic E-state index is 11.9. The van der Waals surface area contributed by atoms with Crippen molar-refractivity contribution >= 4 is 11.7 Å². The number of phenolic OH excluding ortho intramolecular Hbond substituents is 1. The highest BCUT2D eigenvalue weighted by Crippen LogP contribution is 2.33. The SMILES string of the molecule is Cc1c(-c2ccc(O)c(NC(=O)NC(C)C)c2)nc2n1CCC(C)C2. The van der Waals surface area contributed by atoms with Gasteiger partial charge in [-0.25, -0.2) is 9.78 Å². The van der Waals surface area contributed by atoms with Gasteiger partial charge >= 0.3 is 6.03 Å². The fourth-order valence-corrected chi connectivity index (χ4v) is 3.29. The van der Waals surface area contributed by atoms with Gasteiger partial charge in [-0.1, -0.05) is 6.92 Å². The third-order valence-electron chi connectivity index (χ3n) is 4.61. The summed E-state index contributed by atoms with van der Waals surface area (Å²) in [6.45, 7) is 9.09. The van der Waals surface area contributed by atoms with Gasteiger partial charge in [0.1, 0.15) is 11.6 Å². The lowest BCUT2D eigenvalue weighted by atomic mass is 10.0. The number of hydrogen-bond acceptors (Lipinski definition) is 3. The molecule has 1 aromatic heterocycles. The lowest BCUT2D eigenvalue weighted by Crippen LogP contribution is -2.34. The number of imidazole rings is 1.